The molecule has 0 fully saturated rings. The van der Waals surface area contributed by atoms with Crippen LogP contribution in [0.4, 0.5) is 0 Å². The Labute approximate surface area is 108 Å². The van der Waals surface area contributed by atoms with Crippen molar-refractivity contribution in [2.75, 3.05) is 14.1 Å². The van der Waals surface area contributed by atoms with Gasteiger partial charge in [-0.3, -0.25) is 10.2 Å². The van der Waals surface area contributed by atoms with E-state index in [2.05, 4.69) is 5.43 Å². The Morgan fingerprint density at radius 3 is 2.18 bits per heavy atom. The van der Waals surface area contributed by atoms with Gasteiger partial charge in [0.1, 0.15) is 0 Å². The zero-order chi connectivity index (χ0) is 13.0. The topological polar surface area (TPSA) is 32.3 Å². The minimum Gasteiger partial charge on any atom is -0.289 e. The van der Waals surface area contributed by atoms with E-state index < -0.39 is 0 Å². The molecule has 1 atom stereocenters. The van der Waals surface area contributed by atoms with Gasteiger partial charge in [-0.15, -0.1) is 0 Å². The van der Waals surface area contributed by atoms with Gasteiger partial charge in [-0.05, 0) is 23.6 Å². The molecule has 94 valence electrons. The van der Waals surface area contributed by atoms with Crippen LogP contribution in [-0.2, 0) is 4.79 Å². The largest absolute Gasteiger partial charge is 0.289 e. The first-order valence-corrected chi connectivity index (χ1v) is 6.03. The molecule has 0 saturated carbocycles. The van der Waals surface area contributed by atoms with E-state index in [1.54, 1.807) is 19.1 Å². The van der Waals surface area contributed by atoms with E-state index in [1.165, 1.54) is 0 Å². The van der Waals surface area contributed by atoms with Crippen LogP contribution in [0.5, 0.6) is 0 Å². The molecule has 1 aromatic carbocycles. The smallest absolute Gasteiger partial charge is 0.242 e. The predicted octanol–water partition coefficient (Wildman–Crippen LogP) is 2.67. The Hall–Kier alpha value is -1.06. The molecule has 0 spiro atoms. The number of benzene rings is 1. The minimum atomic E-state index is -0.158. The monoisotopic (exact) mass is 254 g/mol. The fraction of sp³-hybridized carbons (Fsp3) is 0.462. The van der Waals surface area contributed by atoms with Crippen molar-refractivity contribution in [3.8, 4) is 0 Å². The summed E-state index contributed by atoms with van der Waals surface area (Å²) in [5.74, 6) is 0.0816. The standard InChI is InChI=1S/C13H19ClN2O/c1-9(2)12(13(17)15-16(3)4)10-5-7-11(14)8-6-10/h5-9,12H,1-4H3,(H,15,17)/t12-/m1/s1. The number of hydrogen-bond acceptors (Lipinski definition) is 2. The van der Waals surface area contributed by atoms with Crippen molar-refractivity contribution in [2.24, 2.45) is 5.92 Å². The quantitative estimate of drug-likeness (QED) is 0.838. The van der Waals surface area contributed by atoms with Crippen LogP contribution in [0.15, 0.2) is 24.3 Å². The molecular formula is C13H19ClN2O. The maximum atomic E-state index is 12.1. The van der Waals surface area contributed by atoms with Gasteiger partial charge in [-0.1, -0.05) is 37.6 Å². The van der Waals surface area contributed by atoms with E-state index in [4.69, 9.17) is 11.6 Å². The summed E-state index contributed by atoms with van der Waals surface area (Å²) in [4.78, 5) is 12.1. The zero-order valence-electron chi connectivity index (χ0n) is 10.7. The highest BCUT2D eigenvalue weighted by Gasteiger charge is 2.24. The molecule has 1 amide bonds. The Kier molecular flexibility index (Phi) is 4.97. The number of hydrogen-bond donors (Lipinski definition) is 1. The molecule has 0 aliphatic carbocycles. The molecule has 1 rings (SSSR count). The third kappa shape index (κ3) is 4.02. The number of nitrogens with one attached hydrogen (secondary N) is 1. The molecule has 4 heteroatoms. The average molecular weight is 255 g/mol. The lowest BCUT2D eigenvalue weighted by Gasteiger charge is -2.23. The zero-order valence-corrected chi connectivity index (χ0v) is 11.5. The second kappa shape index (κ2) is 6.03. The molecule has 0 aliphatic heterocycles. The number of carbonyl (C=O) groups excluding carboxylic acids is 1. The van der Waals surface area contributed by atoms with Gasteiger partial charge >= 0.3 is 0 Å². The van der Waals surface area contributed by atoms with Crippen molar-refractivity contribution in [1.82, 2.24) is 10.4 Å². The summed E-state index contributed by atoms with van der Waals surface area (Å²) in [6.45, 7) is 4.07. The van der Waals surface area contributed by atoms with E-state index in [0.29, 0.717) is 5.02 Å². The van der Waals surface area contributed by atoms with Crippen LogP contribution in [-0.4, -0.2) is 25.0 Å². The van der Waals surface area contributed by atoms with Gasteiger partial charge in [0.05, 0.1) is 5.92 Å². The van der Waals surface area contributed by atoms with Crippen molar-refractivity contribution in [2.45, 2.75) is 19.8 Å². The summed E-state index contributed by atoms with van der Waals surface area (Å²) in [7, 11) is 3.61. The van der Waals surface area contributed by atoms with Gasteiger partial charge in [-0.25, -0.2) is 5.01 Å². The maximum Gasteiger partial charge on any atom is 0.242 e. The van der Waals surface area contributed by atoms with Crippen LogP contribution in [0.25, 0.3) is 0 Å². The summed E-state index contributed by atoms with van der Waals surface area (Å²) in [6.07, 6.45) is 0. The SMILES string of the molecule is CC(C)[C@@H](C(=O)NN(C)C)c1ccc(Cl)cc1. The van der Waals surface area contributed by atoms with Gasteiger partial charge in [-0.2, -0.15) is 0 Å². The number of nitrogens with zero attached hydrogens (tertiary/aromatic N) is 1. The first-order chi connectivity index (χ1) is 7.91. The van der Waals surface area contributed by atoms with E-state index in [9.17, 15) is 4.79 Å². The fourth-order valence-corrected chi connectivity index (χ4v) is 1.93. The Morgan fingerprint density at radius 1 is 1.24 bits per heavy atom. The third-order valence-electron chi connectivity index (χ3n) is 2.51. The van der Waals surface area contributed by atoms with Gasteiger partial charge in [0.15, 0.2) is 0 Å². The molecular weight excluding hydrogens is 236 g/mol. The number of halogens is 1. The number of rotatable bonds is 4. The molecule has 1 N–H and O–H groups in total. The molecule has 0 radical (unpaired) electrons. The lowest BCUT2D eigenvalue weighted by atomic mass is 9.88. The Morgan fingerprint density at radius 2 is 1.76 bits per heavy atom. The van der Waals surface area contributed by atoms with Crippen LogP contribution >= 0.6 is 11.6 Å². The van der Waals surface area contributed by atoms with Gasteiger partial charge < -0.3 is 0 Å². The van der Waals surface area contributed by atoms with Crippen LogP contribution in [0.1, 0.15) is 25.3 Å². The van der Waals surface area contributed by atoms with E-state index in [0.717, 1.165) is 5.56 Å². The highest BCUT2D eigenvalue weighted by atomic mass is 35.5. The normalized spacial score (nSPS) is 12.9. The predicted molar refractivity (Wildman–Crippen MR) is 70.9 cm³/mol. The van der Waals surface area contributed by atoms with Crippen LogP contribution in [0.2, 0.25) is 5.02 Å². The first-order valence-electron chi connectivity index (χ1n) is 5.65. The lowest BCUT2D eigenvalue weighted by molar-refractivity contribution is -0.127. The van der Waals surface area contributed by atoms with Crippen LogP contribution in [0.3, 0.4) is 0 Å². The van der Waals surface area contributed by atoms with Gasteiger partial charge in [0, 0.05) is 19.1 Å². The molecule has 0 unspecified atom stereocenters. The van der Waals surface area contributed by atoms with Gasteiger partial charge in [0.2, 0.25) is 5.91 Å². The number of hydrazine groups is 1. The maximum absolute atomic E-state index is 12.1. The summed E-state index contributed by atoms with van der Waals surface area (Å²) in [6, 6.07) is 7.44. The van der Waals surface area contributed by atoms with Crippen molar-refractivity contribution < 1.29 is 4.79 Å². The fourth-order valence-electron chi connectivity index (χ4n) is 1.80. The molecule has 1 aromatic rings. The van der Waals surface area contributed by atoms with E-state index in [1.807, 2.05) is 38.1 Å². The Bertz CT molecular complexity index is 374. The van der Waals surface area contributed by atoms with Gasteiger partial charge in [0.25, 0.3) is 0 Å². The summed E-state index contributed by atoms with van der Waals surface area (Å²) < 4.78 is 0. The second-order valence-electron chi connectivity index (χ2n) is 4.64. The lowest BCUT2D eigenvalue weighted by Crippen LogP contribution is -2.40. The highest BCUT2D eigenvalue weighted by molar-refractivity contribution is 6.30. The number of carbonyl (C=O) groups is 1. The molecule has 0 heterocycles. The molecule has 17 heavy (non-hydrogen) atoms. The van der Waals surface area contributed by atoms with Crippen molar-refractivity contribution in [3.63, 3.8) is 0 Å². The molecule has 3 nitrogen and oxygen atoms in total. The third-order valence-corrected chi connectivity index (χ3v) is 2.76. The van der Waals surface area contributed by atoms with E-state index in [-0.39, 0.29) is 17.7 Å². The summed E-state index contributed by atoms with van der Waals surface area (Å²) >= 11 is 5.85. The van der Waals surface area contributed by atoms with E-state index >= 15 is 0 Å². The first kappa shape index (κ1) is 14.0. The average Bonchev–Trinajstić information content (AvgIpc) is 2.19. The van der Waals surface area contributed by atoms with Crippen LogP contribution < -0.4 is 5.43 Å². The van der Waals surface area contributed by atoms with Crippen molar-refractivity contribution in [1.29, 1.82) is 0 Å². The second-order valence-corrected chi connectivity index (χ2v) is 5.08. The molecule has 0 aliphatic rings. The molecule has 0 aromatic heterocycles. The summed E-state index contributed by atoms with van der Waals surface area (Å²) in [5.41, 5.74) is 3.79. The molecule has 0 bridgehead atoms. The van der Waals surface area contributed by atoms with Crippen molar-refractivity contribution in [3.05, 3.63) is 34.9 Å². The Balaban J connectivity index is 2.93. The van der Waals surface area contributed by atoms with Crippen LogP contribution in [0, 0.1) is 5.92 Å². The minimum absolute atomic E-state index is 0.00678. The summed E-state index contributed by atoms with van der Waals surface area (Å²) in [5, 5.41) is 2.34. The molecule has 0 saturated heterocycles. The highest BCUT2D eigenvalue weighted by Crippen LogP contribution is 2.25. The number of amides is 1. The van der Waals surface area contributed by atoms with Crippen molar-refractivity contribution >= 4 is 17.5 Å².